The van der Waals surface area contributed by atoms with E-state index < -0.39 is 29.2 Å². The number of hydrogen-bond donors (Lipinski definition) is 0. The van der Waals surface area contributed by atoms with Gasteiger partial charge in [-0.25, -0.2) is 13.8 Å². The molecule has 1 aromatic carbocycles. The van der Waals surface area contributed by atoms with Crippen molar-refractivity contribution < 1.29 is 18.7 Å². The summed E-state index contributed by atoms with van der Waals surface area (Å²) in [7, 11) is 1.47. The van der Waals surface area contributed by atoms with Gasteiger partial charge in [0, 0.05) is 17.5 Å². The number of Topliss-reactive ketones (excluding diaryl/α,β-unsaturated/α-hetero) is 1. The summed E-state index contributed by atoms with van der Waals surface area (Å²) in [6, 6.07) is 3.12. The zero-order valence-corrected chi connectivity index (χ0v) is 26.0. The summed E-state index contributed by atoms with van der Waals surface area (Å²) >= 11 is 1.19. The van der Waals surface area contributed by atoms with E-state index in [1.807, 2.05) is 27.7 Å². The lowest BCUT2D eigenvalue weighted by atomic mass is 10.0. The van der Waals surface area contributed by atoms with Crippen LogP contribution in [0, 0.1) is 18.7 Å². The summed E-state index contributed by atoms with van der Waals surface area (Å²) in [5.41, 5.74) is -0.217. The van der Waals surface area contributed by atoms with E-state index in [2.05, 4.69) is 10.2 Å². The molecule has 13 heteroatoms. The SMILES string of the molecule is COc1ccc(F)cc1[C@H](Cn1c(=O)n([C@@H](C)C(=O)CC(C)C)c(=O)c2c(C)c(-n3nccn3)sc21)OC(C)C.S. The van der Waals surface area contributed by atoms with Crippen LogP contribution in [-0.2, 0) is 16.1 Å². The molecule has 222 valence electrons. The Kier molecular flexibility index (Phi) is 10.3. The third-order valence-electron chi connectivity index (χ3n) is 6.60. The van der Waals surface area contributed by atoms with Crippen molar-refractivity contribution in [2.24, 2.45) is 5.92 Å². The van der Waals surface area contributed by atoms with Crippen molar-refractivity contribution in [1.82, 2.24) is 24.1 Å². The molecule has 0 fully saturated rings. The van der Waals surface area contributed by atoms with Crippen LogP contribution in [0.3, 0.4) is 0 Å². The van der Waals surface area contributed by atoms with Gasteiger partial charge in [-0.3, -0.25) is 14.2 Å². The van der Waals surface area contributed by atoms with E-state index in [-0.39, 0.29) is 49.7 Å². The summed E-state index contributed by atoms with van der Waals surface area (Å²) < 4.78 is 28.5. The van der Waals surface area contributed by atoms with Crippen molar-refractivity contribution in [3.63, 3.8) is 0 Å². The molecule has 41 heavy (non-hydrogen) atoms. The molecule has 0 aliphatic heterocycles. The Morgan fingerprint density at radius 1 is 1.10 bits per heavy atom. The number of fused-ring (bicyclic) bond motifs is 1. The molecule has 4 aromatic rings. The van der Waals surface area contributed by atoms with Crippen LogP contribution >= 0.6 is 24.8 Å². The van der Waals surface area contributed by atoms with Crippen molar-refractivity contribution >= 4 is 40.8 Å². The van der Waals surface area contributed by atoms with Crippen LogP contribution in [0.1, 0.15) is 64.3 Å². The lowest BCUT2D eigenvalue weighted by Gasteiger charge is -2.25. The van der Waals surface area contributed by atoms with E-state index >= 15 is 0 Å². The summed E-state index contributed by atoms with van der Waals surface area (Å²) in [5.74, 6) is -0.249. The number of hydrogen-bond acceptors (Lipinski definition) is 8. The maximum Gasteiger partial charge on any atom is 0.332 e. The Morgan fingerprint density at radius 3 is 2.34 bits per heavy atom. The number of thiophene rings is 1. The normalized spacial score (nSPS) is 13.0. The highest BCUT2D eigenvalue weighted by Crippen LogP contribution is 2.34. The topological polar surface area (TPSA) is 110 Å². The van der Waals surface area contributed by atoms with E-state index in [4.69, 9.17) is 9.47 Å². The molecule has 0 unspecified atom stereocenters. The average Bonchev–Trinajstić information content (AvgIpc) is 3.53. The number of nitrogens with zero attached hydrogens (tertiary/aromatic N) is 5. The van der Waals surface area contributed by atoms with Crippen molar-refractivity contribution in [3.8, 4) is 10.8 Å². The number of aromatic nitrogens is 5. The largest absolute Gasteiger partial charge is 0.496 e. The summed E-state index contributed by atoms with van der Waals surface area (Å²) in [6.07, 6.45) is 2.16. The molecule has 3 heterocycles. The zero-order valence-electron chi connectivity index (χ0n) is 24.2. The predicted molar refractivity (Wildman–Crippen MR) is 161 cm³/mol. The first-order chi connectivity index (χ1) is 18.9. The maximum absolute atomic E-state index is 14.4. The molecule has 0 saturated heterocycles. The highest BCUT2D eigenvalue weighted by Gasteiger charge is 2.29. The molecule has 10 nitrogen and oxygen atoms in total. The molecule has 0 radical (unpaired) electrons. The minimum Gasteiger partial charge on any atom is -0.496 e. The number of benzene rings is 1. The summed E-state index contributed by atoms with van der Waals surface area (Å²) in [4.78, 5) is 42.8. The van der Waals surface area contributed by atoms with Gasteiger partial charge in [0.1, 0.15) is 27.5 Å². The second-order valence-corrected chi connectivity index (χ2v) is 11.4. The first kappa shape index (κ1) is 32.2. The highest BCUT2D eigenvalue weighted by atomic mass is 32.1. The fourth-order valence-electron chi connectivity index (χ4n) is 4.75. The molecule has 0 saturated carbocycles. The van der Waals surface area contributed by atoms with Gasteiger partial charge in [-0.05, 0) is 51.8 Å². The van der Waals surface area contributed by atoms with E-state index in [9.17, 15) is 18.8 Å². The lowest BCUT2D eigenvalue weighted by molar-refractivity contribution is -0.122. The zero-order chi connectivity index (χ0) is 29.3. The second kappa shape index (κ2) is 13.1. The van der Waals surface area contributed by atoms with Crippen molar-refractivity contribution in [1.29, 1.82) is 0 Å². The fraction of sp³-hybridized carbons (Fsp3) is 0.464. The van der Waals surface area contributed by atoms with Gasteiger partial charge >= 0.3 is 5.69 Å². The van der Waals surface area contributed by atoms with Gasteiger partial charge < -0.3 is 9.47 Å². The Labute approximate surface area is 248 Å². The maximum atomic E-state index is 14.4. The molecule has 4 rings (SSSR count). The first-order valence-corrected chi connectivity index (χ1v) is 13.9. The van der Waals surface area contributed by atoms with Crippen LogP contribution in [0.4, 0.5) is 4.39 Å². The molecular formula is C28H36FN5O5S2. The predicted octanol–water partition coefficient (Wildman–Crippen LogP) is 4.72. The highest BCUT2D eigenvalue weighted by molar-refractivity contribution is 7.59. The molecule has 0 aliphatic rings. The first-order valence-electron chi connectivity index (χ1n) is 13.1. The summed E-state index contributed by atoms with van der Waals surface area (Å²) in [6.45, 7) is 10.7. The quantitative estimate of drug-likeness (QED) is 0.243. The summed E-state index contributed by atoms with van der Waals surface area (Å²) in [5, 5.41) is 9.26. The van der Waals surface area contributed by atoms with Gasteiger partial charge in [0.2, 0.25) is 0 Å². The molecule has 3 aromatic heterocycles. The third-order valence-corrected chi connectivity index (χ3v) is 7.89. The minimum atomic E-state index is -0.989. The number of rotatable bonds is 11. The van der Waals surface area contributed by atoms with E-state index in [0.717, 1.165) is 4.57 Å². The molecule has 0 N–H and O–H groups in total. The Bertz CT molecular complexity index is 1640. The van der Waals surface area contributed by atoms with Gasteiger partial charge in [-0.15, -0.1) is 4.80 Å². The van der Waals surface area contributed by atoms with Crippen molar-refractivity contribution in [3.05, 3.63) is 68.4 Å². The van der Waals surface area contributed by atoms with Crippen LogP contribution in [-0.4, -0.2) is 43.1 Å². The molecular weight excluding hydrogens is 569 g/mol. The molecule has 2 atom stereocenters. The van der Waals surface area contributed by atoms with Gasteiger partial charge in [-0.2, -0.15) is 23.7 Å². The van der Waals surface area contributed by atoms with E-state index in [1.54, 1.807) is 13.8 Å². The van der Waals surface area contributed by atoms with Gasteiger partial charge in [-0.1, -0.05) is 25.2 Å². The standard InChI is InChI=1S/C28H34FN5O5S.H2S/c1-15(2)12-21(35)18(6)33-25(36)24-17(5)26(34-30-10-11-31-34)40-27(24)32(28(33)37)14-23(39-16(3)4)20-13-19(29)8-9-22(20)38-7;/h8-11,13,15-16,18,23H,12,14H2,1-7H3;1H2/t18-,23-;/m0./s1. The third kappa shape index (κ3) is 6.47. The number of carbonyl (C=O) groups excluding carboxylic acids is 1. The second-order valence-electron chi connectivity index (χ2n) is 10.4. The van der Waals surface area contributed by atoms with Crippen LogP contribution in [0.25, 0.3) is 15.2 Å². The Morgan fingerprint density at radius 2 is 1.76 bits per heavy atom. The van der Waals surface area contributed by atoms with Gasteiger partial charge in [0.05, 0.1) is 43.6 Å². The number of halogens is 1. The number of ether oxygens (including phenoxy) is 2. The van der Waals surface area contributed by atoms with Gasteiger partial charge in [0.25, 0.3) is 5.56 Å². The number of methoxy groups -OCH3 is 1. The number of aryl methyl sites for hydroxylation is 1. The van der Waals surface area contributed by atoms with E-state index in [0.29, 0.717) is 26.7 Å². The van der Waals surface area contributed by atoms with Crippen LogP contribution in [0.2, 0.25) is 0 Å². The smallest absolute Gasteiger partial charge is 0.332 e. The van der Waals surface area contributed by atoms with Crippen molar-refractivity contribution in [2.45, 2.75) is 72.8 Å². The molecule has 0 aliphatic carbocycles. The van der Waals surface area contributed by atoms with Crippen LogP contribution in [0.15, 0.2) is 40.2 Å². The molecule has 0 amide bonds. The van der Waals surface area contributed by atoms with Crippen LogP contribution < -0.4 is 16.0 Å². The Hall–Kier alpha value is -3.29. The molecule has 0 bridgehead atoms. The molecule has 0 spiro atoms. The number of carbonyl (C=O) groups is 1. The fourth-order valence-corrected chi connectivity index (χ4v) is 5.97. The number of ketones is 1. The van der Waals surface area contributed by atoms with Crippen molar-refractivity contribution in [2.75, 3.05) is 7.11 Å². The van der Waals surface area contributed by atoms with Crippen LogP contribution in [0.5, 0.6) is 5.75 Å². The monoisotopic (exact) mass is 605 g/mol. The van der Waals surface area contributed by atoms with E-state index in [1.165, 1.54) is 58.4 Å². The van der Waals surface area contributed by atoms with Gasteiger partial charge in [0.15, 0.2) is 5.78 Å². The minimum absolute atomic E-state index is 0. The average molecular weight is 606 g/mol. The lowest BCUT2D eigenvalue weighted by Crippen LogP contribution is -2.44. The Balaban J connectivity index is 0.00000462.